The summed E-state index contributed by atoms with van der Waals surface area (Å²) < 4.78 is 53.6. The molecule has 0 spiro atoms. The lowest BCUT2D eigenvalue weighted by molar-refractivity contribution is -0.159. The first-order chi connectivity index (χ1) is 15.0. The lowest BCUT2D eigenvalue weighted by Crippen LogP contribution is -2.27. The monoisotopic (exact) mass is 472 g/mol. The average Bonchev–Trinajstić information content (AvgIpc) is 3.23. The maximum absolute atomic E-state index is 12.4. The molecule has 3 rings (SSSR count). The number of alkyl halides is 3. The molecule has 170 valence electrons. The molecule has 0 unspecified atom stereocenters. The van der Waals surface area contributed by atoms with Gasteiger partial charge in [-0.25, -0.2) is 4.39 Å². The first kappa shape index (κ1) is 25.0. The molecule has 3 N–H and O–H groups in total. The van der Waals surface area contributed by atoms with Gasteiger partial charge in [0.25, 0.3) is 5.91 Å². The molecular weight excluding hydrogens is 456 g/mol. The molecule has 1 aromatic heterocycles. The van der Waals surface area contributed by atoms with Crippen LogP contribution in [0.25, 0.3) is 11.4 Å². The smallest absolute Gasteiger partial charge is 0.392 e. The highest BCUT2D eigenvalue weighted by molar-refractivity contribution is 6.31. The largest absolute Gasteiger partial charge is 0.471 e. The van der Waals surface area contributed by atoms with Crippen molar-refractivity contribution < 1.29 is 32.0 Å². The summed E-state index contributed by atoms with van der Waals surface area (Å²) in [5.41, 5.74) is 1.45. The number of nitrogens with one attached hydrogen (secondary N) is 2. The van der Waals surface area contributed by atoms with Crippen LogP contribution in [0, 0.1) is 11.2 Å². The molecule has 0 aliphatic carbocycles. The molecule has 0 radical (unpaired) electrons. The molecule has 0 aliphatic heterocycles. The van der Waals surface area contributed by atoms with E-state index in [2.05, 4.69) is 20.0 Å². The Morgan fingerprint density at radius 3 is 2.38 bits per heavy atom. The normalized spacial score (nSPS) is 10.8. The Morgan fingerprint density at radius 1 is 1.22 bits per heavy atom. The number of nitrogens with zero attached hydrogens (tertiary/aromatic N) is 2. The summed E-state index contributed by atoms with van der Waals surface area (Å²) in [6, 6.07) is 9.57. The van der Waals surface area contributed by atoms with E-state index in [9.17, 15) is 22.4 Å². The molecule has 3 aromatic rings. The van der Waals surface area contributed by atoms with E-state index < -0.39 is 12.1 Å². The van der Waals surface area contributed by atoms with Crippen molar-refractivity contribution in [1.82, 2.24) is 15.5 Å². The molecule has 0 atom stereocenters. The molecule has 32 heavy (non-hydrogen) atoms. The third-order valence-electron chi connectivity index (χ3n) is 3.77. The van der Waals surface area contributed by atoms with Crippen molar-refractivity contribution in [3.8, 4) is 11.4 Å². The number of aromatic nitrogens is 2. The minimum atomic E-state index is -4.70. The van der Waals surface area contributed by atoms with Gasteiger partial charge in [-0.05, 0) is 36.8 Å². The summed E-state index contributed by atoms with van der Waals surface area (Å²) in [6.07, 6.45) is -4.70. The zero-order valence-corrected chi connectivity index (χ0v) is 17.3. The first-order valence-corrected chi connectivity index (χ1v) is 9.27. The van der Waals surface area contributed by atoms with Crippen LogP contribution in [-0.4, -0.2) is 33.4 Å². The quantitative estimate of drug-likeness (QED) is 0.374. The number of aliphatic hydroxyl groups excluding tert-OH is 1. The summed E-state index contributed by atoms with van der Waals surface area (Å²) in [7, 11) is 0. The summed E-state index contributed by atoms with van der Waals surface area (Å²) >= 11 is 5.53. The van der Waals surface area contributed by atoms with Crippen molar-refractivity contribution >= 4 is 23.2 Å². The van der Waals surface area contributed by atoms with Gasteiger partial charge in [-0.2, -0.15) is 18.2 Å². The predicted octanol–water partition coefficient (Wildman–Crippen LogP) is 4.50. The number of benzene rings is 2. The van der Waals surface area contributed by atoms with Crippen molar-refractivity contribution in [2.45, 2.75) is 19.7 Å². The molecule has 7 nitrogen and oxygen atoms in total. The van der Waals surface area contributed by atoms with Crippen LogP contribution in [0.3, 0.4) is 0 Å². The van der Waals surface area contributed by atoms with Crippen molar-refractivity contribution in [2.75, 3.05) is 6.54 Å². The minimum absolute atomic E-state index is 0.125. The third kappa shape index (κ3) is 7.13. The zero-order chi connectivity index (χ0) is 23.9. The van der Waals surface area contributed by atoms with Crippen molar-refractivity contribution in [2.24, 2.45) is 0 Å². The van der Waals surface area contributed by atoms with Crippen LogP contribution in [-0.2, 0) is 12.8 Å². The fourth-order valence-electron chi connectivity index (χ4n) is 2.19. The van der Waals surface area contributed by atoms with E-state index in [1.54, 1.807) is 6.92 Å². The fraction of sp³-hybridized carbons (Fsp3) is 0.200. The first-order valence-electron chi connectivity index (χ1n) is 8.89. The van der Waals surface area contributed by atoms with Gasteiger partial charge < -0.3 is 20.4 Å². The van der Waals surface area contributed by atoms with Crippen LogP contribution in [0.2, 0.25) is 5.02 Å². The zero-order valence-electron chi connectivity index (χ0n) is 16.5. The van der Waals surface area contributed by atoms with Crippen LogP contribution >= 0.6 is 11.6 Å². The van der Waals surface area contributed by atoms with Gasteiger partial charge >= 0.3 is 12.1 Å². The molecule has 12 heteroatoms. The van der Waals surface area contributed by atoms with E-state index in [0.29, 0.717) is 22.4 Å². The number of amides is 1. The number of hydrogen-bond donors (Lipinski definition) is 3. The number of carbonyl (C=O) groups excluding carboxylic acids is 1. The Labute approximate surface area is 184 Å². The Balaban J connectivity index is 0.000000303. The second-order valence-electron chi connectivity index (χ2n) is 6.36. The van der Waals surface area contributed by atoms with Crippen molar-refractivity contribution in [3.63, 3.8) is 0 Å². The Morgan fingerprint density at radius 2 is 1.88 bits per heavy atom. The maximum atomic E-state index is 12.4. The lowest BCUT2D eigenvalue weighted by atomic mass is 10.1. The molecule has 0 aliphatic rings. The molecule has 0 fully saturated rings. The average molecular weight is 473 g/mol. The Kier molecular flexibility index (Phi) is 8.44. The Bertz CT molecular complexity index is 1090. The molecular formula is C20H17ClF4N4O3. The van der Waals surface area contributed by atoms with Crippen LogP contribution in [0.1, 0.15) is 28.7 Å². The number of halogens is 5. The second kappa shape index (κ2) is 10.8. The van der Waals surface area contributed by atoms with Crippen molar-refractivity contribution in [1.29, 1.82) is 5.41 Å². The minimum Gasteiger partial charge on any atom is -0.392 e. The van der Waals surface area contributed by atoms with Crippen LogP contribution in [0.15, 0.2) is 47.0 Å². The van der Waals surface area contributed by atoms with Crippen LogP contribution in [0.4, 0.5) is 17.6 Å². The van der Waals surface area contributed by atoms with E-state index in [0.717, 1.165) is 0 Å². The van der Waals surface area contributed by atoms with Gasteiger partial charge in [0.1, 0.15) is 5.82 Å². The predicted molar refractivity (Wildman–Crippen MR) is 108 cm³/mol. The number of carbonyl (C=O) groups is 1. The SMILES string of the molecule is CC(=N)CNC(=O)c1ccc(-c2noc(C(F)(F)F)n2)cc1.OCc1ccc(F)cc1Cl. The molecule has 2 aromatic carbocycles. The standard InChI is InChI=1S/C13H11F3N4O2.C7H6ClFO/c1-7(17)6-18-11(21)9-4-2-8(3-5-9)10-19-12(22-20-10)13(14,15)16;8-7-3-6(9)2-1-5(7)4-10/h2-5,17H,6H2,1H3,(H,18,21);1-3,10H,4H2. The van der Waals surface area contributed by atoms with Gasteiger partial charge in [-0.3, -0.25) is 4.79 Å². The van der Waals surface area contributed by atoms with E-state index in [1.165, 1.54) is 42.5 Å². The highest BCUT2D eigenvalue weighted by Gasteiger charge is 2.38. The molecule has 1 heterocycles. The van der Waals surface area contributed by atoms with Gasteiger partial charge in [0, 0.05) is 21.9 Å². The fourth-order valence-corrected chi connectivity index (χ4v) is 2.42. The van der Waals surface area contributed by atoms with Crippen molar-refractivity contribution in [3.05, 3.63) is 70.3 Å². The van der Waals surface area contributed by atoms with Gasteiger partial charge in [0.2, 0.25) is 5.82 Å². The number of hydrogen-bond acceptors (Lipinski definition) is 6. The number of rotatable bonds is 5. The Hall–Kier alpha value is -3.31. The van der Waals surface area contributed by atoms with Gasteiger partial charge in [-0.1, -0.05) is 35.0 Å². The topological polar surface area (TPSA) is 112 Å². The summed E-state index contributed by atoms with van der Waals surface area (Å²) in [5, 5.41) is 21.9. The lowest BCUT2D eigenvalue weighted by Gasteiger charge is -2.04. The highest BCUT2D eigenvalue weighted by Crippen LogP contribution is 2.29. The molecule has 0 saturated heterocycles. The van der Waals surface area contributed by atoms with Crippen LogP contribution < -0.4 is 5.32 Å². The van der Waals surface area contributed by atoms with Gasteiger partial charge in [0.15, 0.2) is 0 Å². The maximum Gasteiger partial charge on any atom is 0.471 e. The number of aliphatic hydroxyl groups is 1. The van der Waals surface area contributed by atoms with Gasteiger partial charge in [-0.15, -0.1) is 0 Å². The highest BCUT2D eigenvalue weighted by atomic mass is 35.5. The summed E-state index contributed by atoms with van der Waals surface area (Å²) in [4.78, 5) is 15.0. The van der Waals surface area contributed by atoms with E-state index in [4.69, 9.17) is 22.1 Å². The van der Waals surface area contributed by atoms with E-state index in [-0.39, 0.29) is 35.7 Å². The summed E-state index contributed by atoms with van der Waals surface area (Å²) in [5.74, 6) is -2.41. The molecule has 1 amide bonds. The molecule has 0 bridgehead atoms. The van der Waals surface area contributed by atoms with E-state index in [1.807, 2.05) is 0 Å². The summed E-state index contributed by atoms with van der Waals surface area (Å²) in [6.45, 7) is 1.53. The third-order valence-corrected chi connectivity index (χ3v) is 4.13. The van der Waals surface area contributed by atoms with E-state index >= 15 is 0 Å². The second-order valence-corrected chi connectivity index (χ2v) is 6.76. The molecule has 0 saturated carbocycles. The van der Waals surface area contributed by atoms with Crippen LogP contribution in [0.5, 0.6) is 0 Å². The van der Waals surface area contributed by atoms with Gasteiger partial charge in [0.05, 0.1) is 13.2 Å².